The molecule has 0 saturated carbocycles. The van der Waals surface area contributed by atoms with Crippen LogP contribution in [-0.2, 0) is 19.1 Å². The van der Waals surface area contributed by atoms with Gasteiger partial charge in [0.15, 0.2) is 0 Å². The van der Waals surface area contributed by atoms with Crippen LogP contribution in [-0.4, -0.2) is 49.2 Å². The molecule has 2 fully saturated rings. The van der Waals surface area contributed by atoms with Crippen LogP contribution in [0.4, 0.5) is 0 Å². The first-order chi connectivity index (χ1) is 10.1. The van der Waals surface area contributed by atoms with Gasteiger partial charge < -0.3 is 9.47 Å². The SMILES string of the molecule is CCCCCC(=O)O[C@H]1C[C@@H]2CC[C@H]([C@H]1C(=O)OC)N2C. The minimum atomic E-state index is -0.339. The second-order valence-electron chi connectivity index (χ2n) is 6.23. The lowest BCUT2D eigenvalue weighted by Crippen LogP contribution is -2.53. The highest BCUT2D eigenvalue weighted by Crippen LogP contribution is 2.40. The van der Waals surface area contributed by atoms with Gasteiger partial charge in [0.05, 0.1) is 7.11 Å². The first-order valence-corrected chi connectivity index (χ1v) is 8.07. The summed E-state index contributed by atoms with van der Waals surface area (Å²) in [5, 5.41) is 0. The van der Waals surface area contributed by atoms with E-state index in [0.29, 0.717) is 12.5 Å². The smallest absolute Gasteiger partial charge is 0.314 e. The summed E-state index contributed by atoms with van der Waals surface area (Å²) in [4.78, 5) is 26.3. The predicted octanol–water partition coefficient (Wildman–Crippen LogP) is 2.13. The standard InChI is InChI=1S/C16H27NO4/c1-4-5-6-7-14(18)21-13-10-11-8-9-12(17(11)2)15(13)16(19)20-3/h11-13,15H,4-10H2,1-3H3/t11-,12+,13-,15+/m0/s1. The molecule has 0 N–H and O–H groups in total. The molecule has 0 aromatic carbocycles. The van der Waals surface area contributed by atoms with E-state index >= 15 is 0 Å². The van der Waals surface area contributed by atoms with E-state index in [4.69, 9.17) is 9.47 Å². The maximum absolute atomic E-state index is 12.1. The zero-order valence-electron chi connectivity index (χ0n) is 13.3. The molecule has 120 valence electrons. The van der Waals surface area contributed by atoms with Crippen molar-refractivity contribution in [2.24, 2.45) is 5.92 Å². The van der Waals surface area contributed by atoms with Crippen molar-refractivity contribution < 1.29 is 19.1 Å². The maximum Gasteiger partial charge on any atom is 0.314 e. The highest BCUT2D eigenvalue weighted by molar-refractivity contribution is 5.75. The molecule has 0 spiro atoms. The number of carbonyl (C=O) groups is 2. The minimum absolute atomic E-state index is 0.143. The lowest BCUT2D eigenvalue weighted by molar-refractivity contribution is -0.168. The molecule has 2 heterocycles. The Hall–Kier alpha value is -1.10. The number of hydrogen-bond acceptors (Lipinski definition) is 5. The number of carbonyl (C=O) groups excluding carboxylic acids is 2. The highest BCUT2D eigenvalue weighted by Gasteiger charge is 2.50. The Morgan fingerprint density at radius 2 is 2.00 bits per heavy atom. The van der Waals surface area contributed by atoms with E-state index < -0.39 is 0 Å². The summed E-state index contributed by atoms with van der Waals surface area (Å²) < 4.78 is 10.6. The number of hydrogen-bond donors (Lipinski definition) is 0. The molecule has 2 aliphatic rings. The van der Waals surface area contributed by atoms with E-state index in [1.807, 2.05) is 0 Å². The van der Waals surface area contributed by atoms with E-state index in [-0.39, 0.29) is 30.0 Å². The van der Waals surface area contributed by atoms with Crippen molar-refractivity contribution in [2.45, 2.75) is 70.1 Å². The molecule has 2 rings (SSSR count). The molecule has 2 bridgehead atoms. The third-order valence-corrected chi connectivity index (χ3v) is 4.95. The second kappa shape index (κ2) is 7.25. The average Bonchev–Trinajstić information content (AvgIpc) is 2.71. The van der Waals surface area contributed by atoms with Crippen molar-refractivity contribution in [3.63, 3.8) is 0 Å². The van der Waals surface area contributed by atoms with Crippen LogP contribution in [0.3, 0.4) is 0 Å². The van der Waals surface area contributed by atoms with E-state index in [9.17, 15) is 9.59 Å². The number of ether oxygens (including phenoxy) is 2. The van der Waals surface area contributed by atoms with Crippen LogP contribution >= 0.6 is 0 Å². The third kappa shape index (κ3) is 3.57. The molecule has 21 heavy (non-hydrogen) atoms. The van der Waals surface area contributed by atoms with Crippen LogP contribution in [0.2, 0.25) is 0 Å². The molecule has 2 aliphatic heterocycles. The van der Waals surface area contributed by atoms with Crippen LogP contribution < -0.4 is 0 Å². The van der Waals surface area contributed by atoms with Crippen LogP contribution in [0.15, 0.2) is 0 Å². The summed E-state index contributed by atoms with van der Waals surface area (Å²) in [6.07, 6.45) is 5.89. The Labute approximate surface area is 127 Å². The van der Waals surface area contributed by atoms with Gasteiger partial charge in [0.2, 0.25) is 0 Å². The molecule has 0 unspecified atom stereocenters. The number of piperidine rings is 1. The van der Waals surface area contributed by atoms with Crippen LogP contribution in [0.5, 0.6) is 0 Å². The summed E-state index contributed by atoms with van der Waals surface area (Å²) in [5.74, 6) is -0.765. The number of nitrogens with zero attached hydrogens (tertiary/aromatic N) is 1. The van der Waals surface area contributed by atoms with E-state index in [1.165, 1.54) is 7.11 Å². The molecular weight excluding hydrogens is 270 g/mol. The van der Waals surface area contributed by atoms with Crippen molar-refractivity contribution in [1.82, 2.24) is 4.90 Å². The molecule has 2 saturated heterocycles. The zero-order chi connectivity index (χ0) is 15.4. The lowest BCUT2D eigenvalue weighted by atomic mass is 9.87. The van der Waals surface area contributed by atoms with Gasteiger partial charge in [0.25, 0.3) is 0 Å². The first kappa shape index (κ1) is 16.3. The number of methoxy groups -OCH3 is 1. The summed E-state index contributed by atoms with van der Waals surface area (Å²) in [7, 11) is 3.46. The van der Waals surface area contributed by atoms with Gasteiger partial charge in [-0.3, -0.25) is 14.5 Å². The van der Waals surface area contributed by atoms with Crippen LogP contribution in [0, 0.1) is 5.92 Å². The second-order valence-corrected chi connectivity index (χ2v) is 6.23. The van der Waals surface area contributed by atoms with Gasteiger partial charge in [0, 0.05) is 24.9 Å². The van der Waals surface area contributed by atoms with Gasteiger partial charge in [-0.15, -0.1) is 0 Å². The Morgan fingerprint density at radius 1 is 1.24 bits per heavy atom. The maximum atomic E-state index is 12.1. The van der Waals surface area contributed by atoms with Gasteiger partial charge in [-0.25, -0.2) is 0 Å². The number of fused-ring (bicyclic) bond motifs is 2. The number of esters is 2. The van der Waals surface area contributed by atoms with Crippen molar-refractivity contribution >= 4 is 11.9 Å². The fourth-order valence-electron chi connectivity index (χ4n) is 3.73. The van der Waals surface area contributed by atoms with Crippen molar-refractivity contribution in [3.05, 3.63) is 0 Å². The van der Waals surface area contributed by atoms with Crippen LogP contribution in [0.1, 0.15) is 51.9 Å². The highest BCUT2D eigenvalue weighted by atomic mass is 16.6. The van der Waals surface area contributed by atoms with Gasteiger partial charge in [-0.05, 0) is 26.3 Å². The predicted molar refractivity (Wildman–Crippen MR) is 78.7 cm³/mol. The monoisotopic (exact) mass is 297 g/mol. The number of rotatable bonds is 6. The molecule has 5 heteroatoms. The lowest BCUT2D eigenvalue weighted by Gasteiger charge is -2.40. The molecule has 0 amide bonds. The van der Waals surface area contributed by atoms with E-state index in [2.05, 4.69) is 18.9 Å². The quantitative estimate of drug-likeness (QED) is 0.555. The summed E-state index contributed by atoms with van der Waals surface area (Å²) in [5.41, 5.74) is 0. The minimum Gasteiger partial charge on any atom is -0.469 e. The fourth-order valence-corrected chi connectivity index (χ4v) is 3.73. The van der Waals surface area contributed by atoms with Gasteiger partial charge in [-0.2, -0.15) is 0 Å². The van der Waals surface area contributed by atoms with Gasteiger partial charge in [0.1, 0.15) is 12.0 Å². The largest absolute Gasteiger partial charge is 0.469 e. The molecule has 4 atom stereocenters. The zero-order valence-corrected chi connectivity index (χ0v) is 13.3. The van der Waals surface area contributed by atoms with E-state index in [0.717, 1.165) is 38.5 Å². The summed E-state index contributed by atoms with van der Waals surface area (Å²) >= 11 is 0. The average molecular weight is 297 g/mol. The van der Waals surface area contributed by atoms with Crippen molar-refractivity contribution in [1.29, 1.82) is 0 Å². The number of unbranched alkanes of at least 4 members (excludes halogenated alkanes) is 2. The van der Waals surface area contributed by atoms with Gasteiger partial charge in [-0.1, -0.05) is 19.8 Å². The Balaban J connectivity index is 1.99. The Bertz CT molecular complexity index is 384. The molecule has 0 aliphatic carbocycles. The summed E-state index contributed by atoms with van der Waals surface area (Å²) in [6, 6.07) is 0.564. The van der Waals surface area contributed by atoms with E-state index in [1.54, 1.807) is 0 Å². The molecule has 0 radical (unpaired) electrons. The molecule has 0 aromatic rings. The summed E-state index contributed by atoms with van der Waals surface area (Å²) in [6.45, 7) is 2.10. The van der Waals surface area contributed by atoms with Crippen molar-refractivity contribution in [2.75, 3.05) is 14.2 Å². The normalized spacial score (nSPS) is 32.0. The third-order valence-electron chi connectivity index (χ3n) is 4.95. The van der Waals surface area contributed by atoms with Gasteiger partial charge >= 0.3 is 11.9 Å². The Kier molecular flexibility index (Phi) is 5.62. The topological polar surface area (TPSA) is 55.8 Å². The Morgan fingerprint density at radius 3 is 2.67 bits per heavy atom. The molecule has 0 aromatic heterocycles. The first-order valence-electron chi connectivity index (χ1n) is 8.07. The van der Waals surface area contributed by atoms with Crippen molar-refractivity contribution in [3.8, 4) is 0 Å². The molecular formula is C16H27NO4. The van der Waals surface area contributed by atoms with Crippen LogP contribution in [0.25, 0.3) is 0 Å². The fraction of sp³-hybridized carbons (Fsp3) is 0.875. The molecule has 5 nitrogen and oxygen atoms in total.